The van der Waals surface area contributed by atoms with E-state index in [1.807, 2.05) is 14.0 Å². The molecule has 0 amide bonds. The van der Waals surface area contributed by atoms with E-state index in [0.717, 1.165) is 24.1 Å². The minimum atomic E-state index is -0.149. The molecule has 1 aliphatic rings. The van der Waals surface area contributed by atoms with E-state index in [1.165, 1.54) is 19.3 Å². The Morgan fingerprint density at radius 1 is 1.39 bits per heavy atom. The Hall–Kier alpha value is -0.830. The minimum absolute atomic E-state index is 0.149. The Morgan fingerprint density at radius 3 is 2.50 bits per heavy atom. The molecule has 1 aromatic rings. The maximum atomic E-state index is 12.5. The van der Waals surface area contributed by atoms with E-state index >= 15 is 0 Å². The van der Waals surface area contributed by atoms with Crippen LogP contribution in [0.15, 0.2) is 0 Å². The molecule has 0 bridgehead atoms. The molecule has 0 saturated heterocycles. The van der Waals surface area contributed by atoms with E-state index in [-0.39, 0.29) is 5.41 Å². The van der Waals surface area contributed by atoms with Crippen LogP contribution in [0.2, 0.25) is 5.15 Å². The van der Waals surface area contributed by atoms with Gasteiger partial charge in [-0.2, -0.15) is 5.10 Å². The molecule has 4 heteroatoms. The van der Waals surface area contributed by atoms with Crippen molar-refractivity contribution in [1.82, 2.24) is 9.78 Å². The molecule has 0 unspecified atom stereocenters. The maximum absolute atomic E-state index is 12.5. The highest BCUT2D eigenvalue weighted by molar-refractivity contribution is 6.30. The van der Waals surface area contributed by atoms with Crippen LogP contribution in [0.5, 0.6) is 0 Å². The highest BCUT2D eigenvalue weighted by atomic mass is 35.5. The second kappa shape index (κ2) is 5.04. The summed E-state index contributed by atoms with van der Waals surface area (Å²) < 4.78 is 1.64. The third-order valence-corrected chi connectivity index (χ3v) is 4.71. The number of ketones is 1. The molecule has 100 valence electrons. The van der Waals surface area contributed by atoms with Gasteiger partial charge in [-0.05, 0) is 19.8 Å². The van der Waals surface area contributed by atoms with Gasteiger partial charge in [-0.15, -0.1) is 0 Å². The van der Waals surface area contributed by atoms with E-state index in [4.69, 9.17) is 11.6 Å². The molecule has 1 aromatic heterocycles. The highest BCUT2D eigenvalue weighted by Gasteiger charge is 2.34. The van der Waals surface area contributed by atoms with E-state index in [0.29, 0.717) is 17.4 Å². The molecular formula is C14H21ClN2O. The van der Waals surface area contributed by atoms with Crippen molar-refractivity contribution in [3.63, 3.8) is 0 Å². The first-order chi connectivity index (χ1) is 8.44. The lowest BCUT2D eigenvalue weighted by Gasteiger charge is -2.32. The van der Waals surface area contributed by atoms with Gasteiger partial charge in [-0.1, -0.05) is 37.8 Å². The van der Waals surface area contributed by atoms with Crippen molar-refractivity contribution in [3.05, 3.63) is 16.4 Å². The van der Waals surface area contributed by atoms with Gasteiger partial charge in [-0.3, -0.25) is 9.48 Å². The maximum Gasteiger partial charge on any atom is 0.143 e. The SMILES string of the molecule is Cc1nn(C)c(Cl)c1CC(=O)C1(C)CCCCC1. The van der Waals surface area contributed by atoms with Crippen LogP contribution in [0, 0.1) is 12.3 Å². The zero-order valence-electron chi connectivity index (χ0n) is 11.4. The standard InChI is InChI=1S/C14H21ClN2O/c1-10-11(13(15)17(3)16-10)9-12(18)14(2)7-5-4-6-8-14/h4-9H2,1-3H3. The van der Waals surface area contributed by atoms with Gasteiger partial charge in [0, 0.05) is 24.4 Å². The largest absolute Gasteiger partial charge is 0.299 e. The first kappa shape index (κ1) is 13.6. The number of hydrogen-bond acceptors (Lipinski definition) is 2. The Balaban J connectivity index is 2.16. The summed E-state index contributed by atoms with van der Waals surface area (Å²) in [5.41, 5.74) is 1.62. The fourth-order valence-corrected chi connectivity index (χ4v) is 3.10. The lowest BCUT2D eigenvalue weighted by Crippen LogP contribution is -2.31. The Morgan fingerprint density at radius 2 is 2.00 bits per heavy atom. The zero-order chi connectivity index (χ0) is 13.3. The van der Waals surface area contributed by atoms with E-state index < -0.39 is 0 Å². The summed E-state index contributed by atoms with van der Waals surface area (Å²) in [6.45, 7) is 4.02. The fraction of sp³-hybridized carbons (Fsp3) is 0.714. The van der Waals surface area contributed by atoms with Gasteiger partial charge in [0.2, 0.25) is 0 Å². The molecule has 0 aliphatic heterocycles. The van der Waals surface area contributed by atoms with Crippen molar-refractivity contribution in [2.24, 2.45) is 12.5 Å². The quantitative estimate of drug-likeness (QED) is 0.841. The number of halogens is 1. The molecule has 2 rings (SSSR count). The molecule has 1 heterocycles. The predicted molar refractivity (Wildman–Crippen MR) is 72.9 cm³/mol. The topological polar surface area (TPSA) is 34.9 Å². The van der Waals surface area contributed by atoms with Gasteiger partial charge in [0.05, 0.1) is 5.69 Å². The van der Waals surface area contributed by atoms with E-state index in [9.17, 15) is 4.79 Å². The second-order valence-corrected chi connectivity index (χ2v) is 6.06. The fourth-order valence-electron chi connectivity index (χ4n) is 2.86. The normalized spacial score (nSPS) is 18.9. The molecule has 1 saturated carbocycles. The molecule has 0 radical (unpaired) electrons. The van der Waals surface area contributed by atoms with Crippen LogP contribution >= 0.6 is 11.6 Å². The number of nitrogens with zero attached hydrogens (tertiary/aromatic N) is 2. The van der Waals surface area contributed by atoms with Gasteiger partial charge in [0.1, 0.15) is 10.9 Å². The predicted octanol–water partition coefficient (Wildman–Crippen LogP) is 3.46. The van der Waals surface area contributed by atoms with Crippen molar-refractivity contribution < 1.29 is 4.79 Å². The number of Topliss-reactive ketones (excluding diaryl/α,β-unsaturated/α-hetero) is 1. The Kier molecular flexibility index (Phi) is 3.81. The first-order valence-electron chi connectivity index (χ1n) is 6.65. The van der Waals surface area contributed by atoms with Gasteiger partial charge < -0.3 is 0 Å². The van der Waals surface area contributed by atoms with Gasteiger partial charge in [-0.25, -0.2) is 0 Å². The summed E-state index contributed by atoms with van der Waals surface area (Å²) >= 11 is 6.19. The number of rotatable bonds is 3. The van der Waals surface area contributed by atoms with Crippen LogP contribution in [0.25, 0.3) is 0 Å². The third-order valence-electron chi connectivity index (χ3n) is 4.24. The van der Waals surface area contributed by atoms with Crippen molar-refractivity contribution in [3.8, 4) is 0 Å². The third kappa shape index (κ3) is 2.46. The number of hydrogen-bond donors (Lipinski definition) is 0. The average molecular weight is 269 g/mol. The Bertz CT molecular complexity index is 459. The van der Waals surface area contributed by atoms with Crippen LogP contribution in [-0.2, 0) is 18.3 Å². The molecule has 1 fully saturated rings. The molecule has 1 aliphatic carbocycles. The van der Waals surface area contributed by atoms with E-state index in [1.54, 1.807) is 4.68 Å². The molecule has 3 nitrogen and oxygen atoms in total. The minimum Gasteiger partial charge on any atom is -0.299 e. The smallest absolute Gasteiger partial charge is 0.143 e. The monoisotopic (exact) mass is 268 g/mol. The summed E-state index contributed by atoms with van der Waals surface area (Å²) in [5.74, 6) is 0.320. The summed E-state index contributed by atoms with van der Waals surface area (Å²) in [6.07, 6.45) is 6.06. The average Bonchev–Trinajstić information content (AvgIpc) is 2.57. The van der Waals surface area contributed by atoms with Crippen LogP contribution in [0.3, 0.4) is 0 Å². The van der Waals surface area contributed by atoms with Crippen LogP contribution < -0.4 is 0 Å². The zero-order valence-corrected chi connectivity index (χ0v) is 12.2. The first-order valence-corrected chi connectivity index (χ1v) is 7.03. The molecule has 18 heavy (non-hydrogen) atoms. The lowest BCUT2D eigenvalue weighted by atomic mass is 9.71. The number of aromatic nitrogens is 2. The van der Waals surface area contributed by atoms with Gasteiger partial charge in [0.25, 0.3) is 0 Å². The van der Waals surface area contributed by atoms with Gasteiger partial charge in [0.15, 0.2) is 0 Å². The van der Waals surface area contributed by atoms with Crippen LogP contribution in [0.1, 0.15) is 50.3 Å². The summed E-state index contributed by atoms with van der Waals surface area (Å²) in [7, 11) is 1.81. The molecule has 0 atom stereocenters. The lowest BCUT2D eigenvalue weighted by molar-refractivity contribution is -0.128. The van der Waals surface area contributed by atoms with Crippen molar-refractivity contribution in [2.75, 3.05) is 0 Å². The van der Waals surface area contributed by atoms with Crippen molar-refractivity contribution >= 4 is 17.4 Å². The number of carbonyl (C=O) groups excluding carboxylic acids is 1. The summed E-state index contributed by atoms with van der Waals surface area (Å²) in [4.78, 5) is 12.5. The Labute approximate surface area is 114 Å². The highest BCUT2D eigenvalue weighted by Crippen LogP contribution is 2.38. The molecule has 0 N–H and O–H groups in total. The number of aryl methyl sites for hydroxylation is 2. The van der Waals surface area contributed by atoms with Crippen molar-refractivity contribution in [2.45, 2.75) is 52.4 Å². The van der Waals surface area contributed by atoms with Crippen LogP contribution in [0.4, 0.5) is 0 Å². The molecule has 0 aromatic carbocycles. The second-order valence-electron chi connectivity index (χ2n) is 5.70. The summed E-state index contributed by atoms with van der Waals surface area (Å²) in [5, 5.41) is 4.86. The van der Waals surface area contributed by atoms with Crippen molar-refractivity contribution in [1.29, 1.82) is 0 Å². The van der Waals surface area contributed by atoms with Crippen LogP contribution in [-0.4, -0.2) is 15.6 Å². The van der Waals surface area contributed by atoms with E-state index in [2.05, 4.69) is 12.0 Å². The van der Waals surface area contributed by atoms with Gasteiger partial charge >= 0.3 is 0 Å². The number of carbonyl (C=O) groups is 1. The summed E-state index contributed by atoms with van der Waals surface area (Å²) in [6, 6.07) is 0. The molecular weight excluding hydrogens is 248 g/mol. The molecule has 0 spiro atoms.